The van der Waals surface area contributed by atoms with Gasteiger partial charge in [0.15, 0.2) is 0 Å². The van der Waals surface area contributed by atoms with E-state index >= 15 is 0 Å². The van der Waals surface area contributed by atoms with Gasteiger partial charge >= 0.3 is 6.03 Å². The van der Waals surface area contributed by atoms with E-state index in [1.165, 1.54) is 0 Å². The van der Waals surface area contributed by atoms with Crippen LogP contribution < -0.4 is 16.0 Å². The van der Waals surface area contributed by atoms with Crippen LogP contribution in [-0.4, -0.2) is 23.9 Å². The van der Waals surface area contributed by atoms with Crippen molar-refractivity contribution in [1.82, 2.24) is 10.6 Å². The summed E-state index contributed by atoms with van der Waals surface area (Å²) in [5.41, 5.74) is 1.83. The third-order valence-corrected chi connectivity index (χ3v) is 2.85. The summed E-state index contributed by atoms with van der Waals surface area (Å²) in [7, 11) is 0. The molecule has 0 aromatic heterocycles. The Kier molecular flexibility index (Phi) is 3.79. The van der Waals surface area contributed by atoms with E-state index in [0.29, 0.717) is 0 Å². The van der Waals surface area contributed by atoms with Crippen molar-refractivity contribution in [3.05, 3.63) is 29.8 Å². The number of carbonyl (C=O) groups excluding carboxylic acids is 3. The third-order valence-electron chi connectivity index (χ3n) is 2.85. The maximum Gasteiger partial charge on any atom is 0.322 e. The second-order valence-electron chi connectivity index (χ2n) is 4.47. The second kappa shape index (κ2) is 5.51. The van der Waals surface area contributed by atoms with E-state index < -0.39 is 12.1 Å². The Bertz CT molecular complexity index is 510. The Hall–Kier alpha value is -2.37. The predicted octanol–water partition coefficient (Wildman–Crippen LogP) is 0.922. The molecule has 1 heterocycles. The topological polar surface area (TPSA) is 87.3 Å². The van der Waals surface area contributed by atoms with Gasteiger partial charge in [0.1, 0.15) is 6.04 Å². The molecule has 1 fully saturated rings. The Morgan fingerprint density at radius 1 is 1.26 bits per heavy atom. The lowest BCUT2D eigenvalue weighted by molar-refractivity contribution is -0.120. The molecule has 1 unspecified atom stereocenters. The lowest BCUT2D eigenvalue weighted by atomic mass is 10.1. The van der Waals surface area contributed by atoms with Crippen molar-refractivity contribution in [2.75, 3.05) is 5.32 Å². The first-order valence-corrected chi connectivity index (χ1v) is 6.02. The highest BCUT2D eigenvalue weighted by Gasteiger charge is 2.29. The summed E-state index contributed by atoms with van der Waals surface area (Å²) in [5.74, 6) is -0.564. The van der Waals surface area contributed by atoms with Gasteiger partial charge in [-0.2, -0.15) is 0 Å². The summed E-state index contributed by atoms with van der Waals surface area (Å²) >= 11 is 0. The smallest absolute Gasteiger partial charge is 0.322 e. The van der Waals surface area contributed by atoms with Gasteiger partial charge in [-0.1, -0.05) is 17.7 Å². The molecule has 6 heteroatoms. The zero-order valence-electron chi connectivity index (χ0n) is 10.5. The van der Waals surface area contributed by atoms with Crippen molar-refractivity contribution >= 4 is 23.5 Å². The van der Waals surface area contributed by atoms with Crippen molar-refractivity contribution in [1.29, 1.82) is 0 Å². The summed E-state index contributed by atoms with van der Waals surface area (Å²) < 4.78 is 0. The van der Waals surface area contributed by atoms with Gasteiger partial charge in [0.25, 0.3) is 5.91 Å². The van der Waals surface area contributed by atoms with Crippen molar-refractivity contribution in [3.63, 3.8) is 0 Å². The number of aryl methyl sites for hydroxylation is 1. The predicted molar refractivity (Wildman–Crippen MR) is 69.5 cm³/mol. The number of carbonyl (C=O) groups is 3. The van der Waals surface area contributed by atoms with E-state index in [1.807, 2.05) is 31.2 Å². The van der Waals surface area contributed by atoms with Crippen molar-refractivity contribution < 1.29 is 14.4 Å². The molecule has 1 aromatic carbocycles. The van der Waals surface area contributed by atoms with E-state index in [1.54, 1.807) is 0 Å². The van der Waals surface area contributed by atoms with E-state index in [4.69, 9.17) is 0 Å². The molecule has 4 amide bonds. The number of rotatable bonds is 4. The SMILES string of the molecule is Cc1ccc(NC(=O)CCC2NC(=O)NC2=O)cc1. The van der Waals surface area contributed by atoms with Crippen LogP contribution in [-0.2, 0) is 9.59 Å². The largest absolute Gasteiger partial charge is 0.326 e. The summed E-state index contributed by atoms with van der Waals surface area (Å²) in [6.45, 7) is 1.97. The molecule has 1 aliphatic heterocycles. The van der Waals surface area contributed by atoms with E-state index in [0.717, 1.165) is 11.3 Å². The normalized spacial score (nSPS) is 17.8. The van der Waals surface area contributed by atoms with Crippen LogP contribution in [0.3, 0.4) is 0 Å². The second-order valence-corrected chi connectivity index (χ2v) is 4.47. The highest BCUT2D eigenvalue weighted by Crippen LogP contribution is 2.10. The zero-order valence-corrected chi connectivity index (χ0v) is 10.5. The molecular weight excluding hydrogens is 246 g/mol. The zero-order chi connectivity index (χ0) is 13.8. The van der Waals surface area contributed by atoms with Crippen LogP contribution in [0.2, 0.25) is 0 Å². The number of imide groups is 1. The number of urea groups is 1. The minimum atomic E-state index is -0.615. The lowest BCUT2D eigenvalue weighted by Gasteiger charge is -2.08. The number of benzene rings is 1. The van der Waals surface area contributed by atoms with Crippen LogP contribution in [0.4, 0.5) is 10.5 Å². The average molecular weight is 261 g/mol. The maximum absolute atomic E-state index is 11.7. The molecule has 0 radical (unpaired) electrons. The average Bonchev–Trinajstić information content (AvgIpc) is 2.68. The van der Waals surface area contributed by atoms with Crippen molar-refractivity contribution in [3.8, 4) is 0 Å². The standard InChI is InChI=1S/C13H15N3O3/c1-8-2-4-9(5-3-8)14-11(17)7-6-10-12(18)16-13(19)15-10/h2-5,10H,6-7H2,1H3,(H,14,17)(H2,15,16,18,19). The van der Waals surface area contributed by atoms with Crippen molar-refractivity contribution in [2.45, 2.75) is 25.8 Å². The minimum Gasteiger partial charge on any atom is -0.326 e. The maximum atomic E-state index is 11.7. The summed E-state index contributed by atoms with van der Waals surface area (Å²) in [5, 5.41) is 7.31. The van der Waals surface area contributed by atoms with Crippen LogP contribution in [0.15, 0.2) is 24.3 Å². The van der Waals surface area contributed by atoms with Crippen LogP contribution in [0.1, 0.15) is 18.4 Å². The molecule has 0 bridgehead atoms. The fourth-order valence-corrected chi connectivity index (χ4v) is 1.80. The lowest BCUT2D eigenvalue weighted by Crippen LogP contribution is -2.30. The quantitative estimate of drug-likeness (QED) is 0.704. The first-order chi connectivity index (χ1) is 9.04. The van der Waals surface area contributed by atoms with Crippen LogP contribution in [0.25, 0.3) is 0 Å². The third kappa shape index (κ3) is 3.54. The Labute approximate surface area is 110 Å². The molecule has 1 saturated heterocycles. The fraction of sp³-hybridized carbons (Fsp3) is 0.308. The number of hydrogen-bond acceptors (Lipinski definition) is 3. The Morgan fingerprint density at radius 2 is 1.95 bits per heavy atom. The number of nitrogens with one attached hydrogen (secondary N) is 3. The highest BCUT2D eigenvalue weighted by molar-refractivity contribution is 6.04. The number of anilines is 1. The molecule has 19 heavy (non-hydrogen) atoms. The molecule has 1 aromatic rings. The first-order valence-electron chi connectivity index (χ1n) is 6.02. The van der Waals surface area contributed by atoms with Crippen LogP contribution in [0, 0.1) is 6.92 Å². The molecule has 3 N–H and O–H groups in total. The molecule has 0 saturated carbocycles. The van der Waals surface area contributed by atoms with Crippen LogP contribution in [0.5, 0.6) is 0 Å². The summed E-state index contributed by atoms with van der Waals surface area (Å²) in [6, 6.07) is 6.32. The summed E-state index contributed by atoms with van der Waals surface area (Å²) in [6.07, 6.45) is 0.460. The first kappa shape index (κ1) is 13.1. The fourth-order valence-electron chi connectivity index (χ4n) is 1.80. The molecule has 1 atom stereocenters. The molecule has 0 spiro atoms. The van der Waals surface area contributed by atoms with E-state index in [-0.39, 0.29) is 24.7 Å². The Balaban J connectivity index is 1.80. The van der Waals surface area contributed by atoms with Gasteiger partial charge in [-0.05, 0) is 25.5 Å². The molecular formula is C13H15N3O3. The van der Waals surface area contributed by atoms with E-state index in [2.05, 4.69) is 16.0 Å². The summed E-state index contributed by atoms with van der Waals surface area (Å²) in [4.78, 5) is 33.8. The van der Waals surface area contributed by atoms with Crippen LogP contribution >= 0.6 is 0 Å². The van der Waals surface area contributed by atoms with E-state index in [9.17, 15) is 14.4 Å². The molecule has 1 aliphatic rings. The molecule has 6 nitrogen and oxygen atoms in total. The monoisotopic (exact) mass is 261 g/mol. The minimum absolute atomic E-state index is 0.173. The van der Waals surface area contributed by atoms with Crippen molar-refractivity contribution in [2.24, 2.45) is 0 Å². The van der Waals surface area contributed by atoms with Gasteiger partial charge in [-0.3, -0.25) is 14.9 Å². The van der Waals surface area contributed by atoms with Gasteiger partial charge in [-0.25, -0.2) is 4.79 Å². The van der Waals surface area contributed by atoms with Gasteiger partial charge in [0.2, 0.25) is 5.91 Å². The molecule has 100 valence electrons. The van der Waals surface area contributed by atoms with Gasteiger partial charge in [-0.15, -0.1) is 0 Å². The Morgan fingerprint density at radius 3 is 2.53 bits per heavy atom. The van der Waals surface area contributed by atoms with Gasteiger partial charge in [0, 0.05) is 12.1 Å². The van der Waals surface area contributed by atoms with Gasteiger partial charge < -0.3 is 10.6 Å². The van der Waals surface area contributed by atoms with Gasteiger partial charge in [0.05, 0.1) is 0 Å². The highest BCUT2D eigenvalue weighted by atomic mass is 16.2. The number of hydrogen-bond donors (Lipinski definition) is 3. The number of amides is 4. The molecule has 2 rings (SSSR count). The molecule has 0 aliphatic carbocycles.